The van der Waals surface area contributed by atoms with Gasteiger partial charge in [0, 0.05) is 13.2 Å². The van der Waals surface area contributed by atoms with Crippen LogP contribution in [0.3, 0.4) is 0 Å². The maximum Gasteiger partial charge on any atom is 0.108 e. The van der Waals surface area contributed by atoms with E-state index in [1.807, 2.05) is 0 Å². The van der Waals surface area contributed by atoms with E-state index in [4.69, 9.17) is 4.74 Å². The number of rotatable bonds is 8. The fourth-order valence-electron chi connectivity index (χ4n) is 5.02. The Bertz CT molecular complexity index is 1090. The summed E-state index contributed by atoms with van der Waals surface area (Å²) < 4.78 is 6.47. The van der Waals surface area contributed by atoms with Crippen molar-refractivity contribution in [2.75, 3.05) is 19.7 Å². The predicted molar refractivity (Wildman–Crippen MR) is 137 cm³/mol. The van der Waals surface area contributed by atoms with Crippen LogP contribution in [0.25, 0.3) is 10.8 Å². The van der Waals surface area contributed by atoms with Crippen LogP contribution in [0.1, 0.15) is 42.1 Å². The highest BCUT2D eigenvalue weighted by molar-refractivity contribution is 5.82. The van der Waals surface area contributed by atoms with E-state index < -0.39 is 0 Å². The molecule has 0 bridgehead atoms. The highest BCUT2D eigenvalue weighted by Gasteiger charge is 2.21. The quantitative estimate of drug-likeness (QED) is 0.289. The number of piperidine rings is 1. The molecule has 2 nitrogen and oxygen atoms in total. The first-order valence-corrected chi connectivity index (χ1v) is 12.3. The number of fused-ring (bicyclic) bond motifs is 1. The Morgan fingerprint density at radius 2 is 1.30 bits per heavy atom. The molecule has 0 amide bonds. The predicted octanol–water partition coefficient (Wildman–Crippen LogP) is 7.25. The monoisotopic (exact) mass is 435 g/mol. The van der Waals surface area contributed by atoms with Crippen molar-refractivity contribution in [1.82, 2.24) is 4.90 Å². The summed E-state index contributed by atoms with van der Waals surface area (Å²) in [6.07, 6.45) is 3.68. The lowest BCUT2D eigenvalue weighted by molar-refractivity contribution is 0.0596. The van der Waals surface area contributed by atoms with Gasteiger partial charge in [-0.2, -0.15) is 0 Å². The van der Waals surface area contributed by atoms with Crippen LogP contribution in [-0.2, 0) is 11.3 Å². The van der Waals surface area contributed by atoms with E-state index in [0.29, 0.717) is 0 Å². The molecule has 1 saturated heterocycles. The van der Waals surface area contributed by atoms with Gasteiger partial charge in [0.1, 0.15) is 6.10 Å². The molecule has 0 N–H and O–H groups in total. The third kappa shape index (κ3) is 5.71. The summed E-state index contributed by atoms with van der Waals surface area (Å²) in [4.78, 5) is 2.61. The fraction of sp³-hybridized carbons (Fsp3) is 0.290. The Balaban J connectivity index is 1.12. The molecular formula is C31H33NO. The second-order valence-corrected chi connectivity index (χ2v) is 9.26. The number of benzene rings is 4. The van der Waals surface area contributed by atoms with Crippen LogP contribution in [0.5, 0.6) is 0 Å². The molecule has 1 aliphatic heterocycles. The lowest BCUT2D eigenvalue weighted by Gasteiger charge is -2.32. The van der Waals surface area contributed by atoms with Gasteiger partial charge in [-0.15, -0.1) is 0 Å². The molecule has 5 rings (SSSR count). The van der Waals surface area contributed by atoms with Gasteiger partial charge >= 0.3 is 0 Å². The summed E-state index contributed by atoms with van der Waals surface area (Å²) in [5.41, 5.74) is 3.88. The minimum Gasteiger partial charge on any atom is -0.369 e. The summed E-state index contributed by atoms with van der Waals surface area (Å²) >= 11 is 0. The number of hydrogen-bond acceptors (Lipinski definition) is 2. The second kappa shape index (κ2) is 10.8. The van der Waals surface area contributed by atoms with Gasteiger partial charge in [0.15, 0.2) is 0 Å². The molecule has 168 valence electrons. The Morgan fingerprint density at radius 1 is 0.697 bits per heavy atom. The molecule has 2 heteroatoms. The Kier molecular flexibility index (Phi) is 7.15. The first kappa shape index (κ1) is 21.9. The fourth-order valence-corrected chi connectivity index (χ4v) is 5.02. The van der Waals surface area contributed by atoms with E-state index in [2.05, 4.69) is 108 Å². The third-order valence-electron chi connectivity index (χ3n) is 6.94. The molecule has 33 heavy (non-hydrogen) atoms. The van der Waals surface area contributed by atoms with E-state index in [1.165, 1.54) is 53.4 Å². The van der Waals surface area contributed by atoms with Gasteiger partial charge in [-0.3, -0.25) is 4.90 Å². The van der Waals surface area contributed by atoms with Crippen molar-refractivity contribution in [3.8, 4) is 0 Å². The van der Waals surface area contributed by atoms with Crippen LogP contribution in [0.2, 0.25) is 0 Å². The molecule has 0 spiro atoms. The smallest absolute Gasteiger partial charge is 0.108 e. The van der Waals surface area contributed by atoms with Crippen LogP contribution in [0.15, 0.2) is 103 Å². The van der Waals surface area contributed by atoms with E-state index in [1.54, 1.807) is 0 Å². The van der Waals surface area contributed by atoms with Gasteiger partial charge in [0.25, 0.3) is 0 Å². The van der Waals surface area contributed by atoms with Crippen molar-refractivity contribution >= 4 is 10.8 Å². The van der Waals surface area contributed by atoms with Crippen molar-refractivity contribution in [3.05, 3.63) is 120 Å². The zero-order valence-corrected chi connectivity index (χ0v) is 19.3. The molecule has 0 radical (unpaired) electrons. The van der Waals surface area contributed by atoms with E-state index in [9.17, 15) is 0 Å². The maximum absolute atomic E-state index is 6.47. The van der Waals surface area contributed by atoms with E-state index >= 15 is 0 Å². The number of nitrogens with zero attached hydrogens (tertiary/aromatic N) is 1. The molecule has 0 atom stereocenters. The average Bonchev–Trinajstić information content (AvgIpc) is 2.88. The molecule has 1 heterocycles. The molecule has 1 aliphatic rings. The summed E-state index contributed by atoms with van der Waals surface area (Å²) in [7, 11) is 0. The molecule has 0 aliphatic carbocycles. The van der Waals surface area contributed by atoms with Crippen molar-refractivity contribution in [2.24, 2.45) is 5.92 Å². The summed E-state index contributed by atoms with van der Waals surface area (Å²) in [6.45, 7) is 4.22. The zero-order chi connectivity index (χ0) is 22.3. The van der Waals surface area contributed by atoms with Crippen molar-refractivity contribution in [1.29, 1.82) is 0 Å². The third-order valence-corrected chi connectivity index (χ3v) is 6.94. The van der Waals surface area contributed by atoms with E-state index in [0.717, 1.165) is 25.5 Å². The second-order valence-electron chi connectivity index (χ2n) is 9.26. The van der Waals surface area contributed by atoms with Gasteiger partial charge < -0.3 is 4.74 Å². The molecule has 0 aromatic heterocycles. The Morgan fingerprint density at radius 3 is 1.97 bits per heavy atom. The summed E-state index contributed by atoms with van der Waals surface area (Å²) in [5, 5.41) is 2.66. The standard InChI is InChI=1S/C31H33NO/c1-3-10-28(11-4-1)31(29-12-5-2-6-13-29)33-22-19-25-17-20-32(21-18-25)24-26-15-16-27-9-7-8-14-30(27)23-26/h1-16,23,25,31H,17-22,24H2. The van der Waals surface area contributed by atoms with Crippen LogP contribution >= 0.6 is 0 Å². The van der Waals surface area contributed by atoms with Gasteiger partial charge in [0.05, 0.1) is 0 Å². The minimum atomic E-state index is 0.0143. The van der Waals surface area contributed by atoms with Crippen LogP contribution in [0, 0.1) is 5.92 Å². The minimum absolute atomic E-state index is 0.0143. The Labute approximate surface area is 197 Å². The lowest BCUT2D eigenvalue weighted by atomic mass is 9.93. The molecule has 4 aromatic rings. The first-order valence-electron chi connectivity index (χ1n) is 12.3. The molecule has 4 aromatic carbocycles. The van der Waals surface area contributed by atoms with Crippen molar-refractivity contribution in [2.45, 2.75) is 31.9 Å². The van der Waals surface area contributed by atoms with Crippen molar-refractivity contribution < 1.29 is 4.74 Å². The van der Waals surface area contributed by atoms with Crippen LogP contribution in [0.4, 0.5) is 0 Å². The lowest BCUT2D eigenvalue weighted by Crippen LogP contribution is -2.33. The number of ether oxygens (including phenoxy) is 1. The molecule has 0 saturated carbocycles. The molecular weight excluding hydrogens is 402 g/mol. The SMILES string of the molecule is c1ccc(C(OCCC2CCN(Cc3ccc4ccccc4c3)CC2)c2ccccc2)cc1. The van der Waals surface area contributed by atoms with Crippen molar-refractivity contribution in [3.63, 3.8) is 0 Å². The topological polar surface area (TPSA) is 12.5 Å². The number of hydrogen-bond donors (Lipinski definition) is 0. The van der Waals surface area contributed by atoms with Gasteiger partial charge in [-0.1, -0.05) is 97.1 Å². The van der Waals surface area contributed by atoms with Gasteiger partial charge in [0.2, 0.25) is 0 Å². The zero-order valence-electron chi connectivity index (χ0n) is 19.3. The van der Waals surface area contributed by atoms with Gasteiger partial charge in [-0.25, -0.2) is 0 Å². The summed E-state index contributed by atoms with van der Waals surface area (Å²) in [6, 6.07) is 36.7. The molecule has 0 unspecified atom stereocenters. The van der Waals surface area contributed by atoms with Crippen LogP contribution < -0.4 is 0 Å². The first-order chi connectivity index (χ1) is 16.3. The largest absolute Gasteiger partial charge is 0.369 e. The highest BCUT2D eigenvalue weighted by Crippen LogP contribution is 2.28. The summed E-state index contributed by atoms with van der Waals surface area (Å²) in [5.74, 6) is 0.755. The number of likely N-dealkylation sites (tertiary alicyclic amines) is 1. The maximum atomic E-state index is 6.47. The highest BCUT2D eigenvalue weighted by atomic mass is 16.5. The van der Waals surface area contributed by atoms with Gasteiger partial charge in [-0.05, 0) is 71.8 Å². The molecule has 1 fully saturated rings. The van der Waals surface area contributed by atoms with Crippen LogP contribution in [-0.4, -0.2) is 24.6 Å². The Hall–Kier alpha value is -2.94. The average molecular weight is 436 g/mol. The normalized spacial score (nSPS) is 15.3. The van der Waals surface area contributed by atoms with E-state index in [-0.39, 0.29) is 6.10 Å².